The molecule has 84 valence electrons. The summed E-state index contributed by atoms with van der Waals surface area (Å²) >= 11 is 3.35. The lowest BCUT2D eigenvalue weighted by Gasteiger charge is -2.16. The molecule has 0 unspecified atom stereocenters. The van der Waals surface area contributed by atoms with Crippen LogP contribution in [0.1, 0.15) is 11.1 Å². The molecule has 0 radical (unpaired) electrons. The van der Waals surface area contributed by atoms with Crippen LogP contribution >= 0.6 is 15.9 Å². The first-order valence-corrected chi connectivity index (χ1v) is 5.22. The molecule has 5 heteroatoms. The molecule has 1 aromatic rings. The second-order valence-electron chi connectivity index (χ2n) is 2.92. The highest BCUT2D eigenvalue weighted by molar-refractivity contribution is 9.10. The van der Waals surface area contributed by atoms with Crippen LogP contribution in [0.5, 0.6) is 11.5 Å². The second-order valence-corrected chi connectivity index (χ2v) is 3.78. The molecule has 0 fully saturated rings. The lowest BCUT2D eigenvalue weighted by Crippen LogP contribution is -2.06. The van der Waals surface area contributed by atoms with Gasteiger partial charge in [-0.2, -0.15) is 0 Å². The third-order valence-corrected chi connectivity index (χ3v) is 2.76. The number of methoxy groups -OCH3 is 2. The van der Waals surface area contributed by atoms with E-state index in [0.29, 0.717) is 18.0 Å². The third kappa shape index (κ3) is 2.25. The lowest BCUT2D eigenvalue weighted by molar-refractivity contribution is 0.278. The number of nitrogens with two attached hydrogens (primary N) is 1. The normalized spacial score (nSPS) is 10.2. The van der Waals surface area contributed by atoms with Crippen molar-refractivity contribution in [3.8, 4) is 11.5 Å². The summed E-state index contributed by atoms with van der Waals surface area (Å²) in [6.45, 7) is 0.216. The molecule has 0 spiro atoms. The summed E-state index contributed by atoms with van der Waals surface area (Å²) in [5, 5.41) is 9.18. The van der Waals surface area contributed by atoms with Crippen molar-refractivity contribution in [3.05, 3.63) is 21.7 Å². The standard InChI is InChI=1S/C10H14BrNO3/c1-14-9-7(4-12)6(5-13)3-8(11)10(9)15-2/h3,13H,4-5,12H2,1-2H3. The zero-order valence-electron chi connectivity index (χ0n) is 8.71. The Hall–Kier alpha value is -0.780. The molecule has 15 heavy (non-hydrogen) atoms. The van der Waals surface area contributed by atoms with Gasteiger partial charge in [-0.15, -0.1) is 0 Å². The monoisotopic (exact) mass is 275 g/mol. The largest absolute Gasteiger partial charge is 0.492 e. The van der Waals surface area contributed by atoms with E-state index in [9.17, 15) is 5.11 Å². The fourth-order valence-corrected chi connectivity index (χ4v) is 2.09. The molecule has 0 atom stereocenters. The van der Waals surface area contributed by atoms with Gasteiger partial charge in [-0.05, 0) is 27.6 Å². The SMILES string of the molecule is COc1c(Br)cc(CO)c(CN)c1OC. The predicted molar refractivity (Wildman–Crippen MR) is 61.1 cm³/mol. The summed E-state index contributed by atoms with van der Waals surface area (Å²) in [7, 11) is 3.10. The first-order valence-electron chi connectivity index (χ1n) is 4.42. The number of rotatable bonds is 4. The molecule has 0 aliphatic rings. The molecular weight excluding hydrogens is 262 g/mol. The van der Waals surface area contributed by atoms with Crippen molar-refractivity contribution in [1.82, 2.24) is 0 Å². The van der Waals surface area contributed by atoms with Crippen molar-refractivity contribution < 1.29 is 14.6 Å². The second kappa shape index (κ2) is 5.34. The first-order chi connectivity index (χ1) is 7.19. The number of aliphatic hydroxyl groups is 1. The molecular formula is C10H14BrNO3. The maximum Gasteiger partial charge on any atom is 0.175 e. The minimum absolute atomic E-state index is 0.0779. The highest BCUT2D eigenvalue weighted by Gasteiger charge is 2.16. The van der Waals surface area contributed by atoms with Crippen molar-refractivity contribution in [2.24, 2.45) is 5.73 Å². The molecule has 0 aliphatic heterocycles. The van der Waals surface area contributed by atoms with Crippen LogP contribution in [0.2, 0.25) is 0 Å². The predicted octanol–water partition coefficient (Wildman–Crippen LogP) is 1.42. The number of ether oxygens (including phenoxy) is 2. The van der Waals surface area contributed by atoms with E-state index in [0.717, 1.165) is 15.6 Å². The van der Waals surface area contributed by atoms with E-state index in [-0.39, 0.29) is 6.61 Å². The van der Waals surface area contributed by atoms with Crippen molar-refractivity contribution in [2.45, 2.75) is 13.2 Å². The molecule has 0 saturated carbocycles. The van der Waals surface area contributed by atoms with Gasteiger partial charge in [-0.25, -0.2) is 0 Å². The summed E-state index contributed by atoms with van der Waals surface area (Å²) in [6, 6.07) is 1.78. The quantitative estimate of drug-likeness (QED) is 0.872. The summed E-state index contributed by atoms with van der Waals surface area (Å²) in [6.07, 6.45) is 0. The van der Waals surface area contributed by atoms with Crippen LogP contribution in [0, 0.1) is 0 Å². The van der Waals surface area contributed by atoms with E-state index >= 15 is 0 Å². The van der Waals surface area contributed by atoms with Gasteiger partial charge in [0, 0.05) is 12.1 Å². The smallest absolute Gasteiger partial charge is 0.175 e. The lowest BCUT2D eigenvalue weighted by atomic mass is 10.1. The van der Waals surface area contributed by atoms with Crippen LogP contribution in [0.15, 0.2) is 10.5 Å². The zero-order chi connectivity index (χ0) is 11.4. The van der Waals surface area contributed by atoms with Gasteiger partial charge >= 0.3 is 0 Å². The first kappa shape index (κ1) is 12.3. The fourth-order valence-electron chi connectivity index (χ4n) is 1.47. The minimum Gasteiger partial charge on any atom is -0.492 e. The maximum atomic E-state index is 9.18. The number of halogens is 1. The topological polar surface area (TPSA) is 64.7 Å². The third-order valence-electron chi connectivity index (χ3n) is 2.17. The van der Waals surface area contributed by atoms with Crippen molar-refractivity contribution in [3.63, 3.8) is 0 Å². The van der Waals surface area contributed by atoms with E-state index in [2.05, 4.69) is 15.9 Å². The Balaban J connectivity index is 3.44. The molecule has 1 aromatic carbocycles. The van der Waals surface area contributed by atoms with Crippen LogP contribution in [0.4, 0.5) is 0 Å². The molecule has 0 aromatic heterocycles. The van der Waals surface area contributed by atoms with Crippen molar-refractivity contribution in [1.29, 1.82) is 0 Å². The van der Waals surface area contributed by atoms with Gasteiger partial charge in [0.1, 0.15) is 0 Å². The van der Waals surface area contributed by atoms with Gasteiger partial charge in [0.15, 0.2) is 11.5 Å². The van der Waals surface area contributed by atoms with E-state index in [4.69, 9.17) is 15.2 Å². The van der Waals surface area contributed by atoms with Crippen LogP contribution in [-0.4, -0.2) is 19.3 Å². The van der Waals surface area contributed by atoms with Gasteiger partial charge in [0.05, 0.1) is 25.3 Å². The van der Waals surface area contributed by atoms with Gasteiger partial charge in [-0.1, -0.05) is 0 Å². The van der Waals surface area contributed by atoms with E-state index in [1.165, 1.54) is 0 Å². The highest BCUT2D eigenvalue weighted by Crippen LogP contribution is 2.40. The number of benzene rings is 1. The Labute approximate surface area is 97.1 Å². The molecule has 0 saturated heterocycles. The minimum atomic E-state index is -0.0779. The molecule has 0 aliphatic carbocycles. The molecule has 0 amide bonds. The van der Waals surface area contributed by atoms with Crippen molar-refractivity contribution in [2.75, 3.05) is 14.2 Å². The zero-order valence-corrected chi connectivity index (χ0v) is 10.3. The molecule has 4 nitrogen and oxygen atoms in total. The van der Waals surface area contributed by atoms with Gasteiger partial charge in [0.25, 0.3) is 0 Å². The molecule has 0 bridgehead atoms. The summed E-state index contributed by atoms with van der Waals surface area (Å²) < 4.78 is 11.2. The Bertz CT molecular complexity index is 355. The van der Waals surface area contributed by atoms with Gasteiger partial charge < -0.3 is 20.3 Å². The molecule has 0 heterocycles. The summed E-state index contributed by atoms with van der Waals surface area (Å²) in [5.74, 6) is 1.16. The Kier molecular flexibility index (Phi) is 4.38. The van der Waals surface area contributed by atoms with Crippen LogP contribution in [-0.2, 0) is 13.2 Å². The van der Waals surface area contributed by atoms with Crippen LogP contribution in [0.25, 0.3) is 0 Å². The van der Waals surface area contributed by atoms with Crippen LogP contribution in [0.3, 0.4) is 0 Å². The molecule has 1 rings (SSSR count). The fraction of sp³-hybridized carbons (Fsp3) is 0.400. The van der Waals surface area contributed by atoms with Crippen molar-refractivity contribution >= 4 is 15.9 Å². The van der Waals surface area contributed by atoms with Gasteiger partial charge in [0.2, 0.25) is 0 Å². The Morgan fingerprint density at radius 3 is 2.33 bits per heavy atom. The number of aliphatic hydroxyl groups excluding tert-OH is 1. The van der Waals surface area contributed by atoms with E-state index in [1.807, 2.05) is 0 Å². The number of hydrogen-bond acceptors (Lipinski definition) is 4. The summed E-state index contributed by atoms with van der Waals surface area (Å²) in [4.78, 5) is 0. The summed E-state index contributed by atoms with van der Waals surface area (Å²) in [5.41, 5.74) is 7.12. The van der Waals surface area contributed by atoms with Gasteiger partial charge in [-0.3, -0.25) is 0 Å². The molecule has 3 N–H and O–H groups in total. The van der Waals surface area contributed by atoms with E-state index in [1.54, 1.807) is 20.3 Å². The average Bonchev–Trinajstić information content (AvgIpc) is 2.27. The highest BCUT2D eigenvalue weighted by atomic mass is 79.9. The van der Waals surface area contributed by atoms with E-state index < -0.39 is 0 Å². The number of hydrogen-bond donors (Lipinski definition) is 2. The van der Waals surface area contributed by atoms with Crippen LogP contribution < -0.4 is 15.2 Å². The maximum absolute atomic E-state index is 9.18. The average molecular weight is 276 g/mol. The Morgan fingerprint density at radius 2 is 1.93 bits per heavy atom. The Morgan fingerprint density at radius 1 is 1.33 bits per heavy atom.